The first-order chi connectivity index (χ1) is 12.1. The van der Waals surface area contributed by atoms with Crippen molar-refractivity contribution >= 4 is 47.4 Å². The Morgan fingerprint density at radius 3 is 2.58 bits per heavy atom. The molecule has 2 rings (SSSR count). The van der Waals surface area contributed by atoms with Crippen molar-refractivity contribution in [1.29, 1.82) is 0 Å². The van der Waals surface area contributed by atoms with Gasteiger partial charge in [-0.05, 0) is 44.0 Å². The second kappa shape index (κ2) is 12.2. The molecule has 1 fully saturated rings. The van der Waals surface area contributed by atoms with Crippen LogP contribution < -0.4 is 10.1 Å². The van der Waals surface area contributed by atoms with Crippen molar-refractivity contribution in [2.24, 2.45) is 4.99 Å². The largest absolute Gasteiger partial charge is 0.492 e. The molecule has 1 aliphatic heterocycles. The van der Waals surface area contributed by atoms with Crippen LogP contribution in [0.15, 0.2) is 29.3 Å². The van der Waals surface area contributed by atoms with Gasteiger partial charge in [-0.15, -0.1) is 24.0 Å². The fourth-order valence-electron chi connectivity index (χ4n) is 2.62. The standard InChI is InChI=1S/C18H27ClN4O2.HI/c1-3-20-18(21-14-17(24)23-10-4-5-11-23)22(2)12-13-25-16-8-6-15(19)7-9-16;/h6-9H,3-5,10-14H2,1-2H3,(H,20,21);1H. The van der Waals surface area contributed by atoms with Gasteiger partial charge in [-0.3, -0.25) is 4.79 Å². The summed E-state index contributed by atoms with van der Waals surface area (Å²) in [6.07, 6.45) is 2.19. The quantitative estimate of drug-likeness (QED) is 0.360. The van der Waals surface area contributed by atoms with E-state index in [2.05, 4.69) is 10.3 Å². The molecule has 1 saturated heterocycles. The summed E-state index contributed by atoms with van der Waals surface area (Å²) in [4.78, 5) is 20.5. The van der Waals surface area contributed by atoms with Crippen LogP contribution in [0.25, 0.3) is 0 Å². The Morgan fingerprint density at radius 2 is 1.96 bits per heavy atom. The summed E-state index contributed by atoms with van der Waals surface area (Å²) >= 11 is 5.86. The number of aliphatic imine (C=N–C) groups is 1. The average molecular weight is 495 g/mol. The molecule has 0 unspecified atom stereocenters. The van der Waals surface area contributed by atoms with E-state index >= 15 is 0 Å². The van der Waals surface area contributed by atoms with Gasteiger partial charge >= 0.3 is 0 Å². The highest BCUT2D eigenvalue weighted by atomic mass is 127. The Labute approximate surface area is 177 Å². The first-order valence-corrected chi connectivity index (χ1v) is 9.13. The third-order valence-corrected chi connectivity index (χ3v) is 4.28. The minimum Gasteiger partial charge on any atom is -0.492 e. The van der Waals surface area contributed by atoms with Gasteiger partial charge in [0.25, 0.3) is 0 Å². The lowest BCUT2D eigenvalue weighted by molar-refractivity contribution is -0.128. The number of carbonyl (C=O) groups is 1. The van der Waals surface area contributed by atoms with Crippen LogP contribution in [0.5, 0.6) is 5.75 Å². The summed E-state index contributed by atoms with van der Waals surface area (Å²) in [5.41, 5.74) is 0. The van der Waals surface area contributed by atoms with Crippen molar-refractivity contribution in [3.05, 3.63) is 29.3 Å². The molecular formula is C18H28ClIN4O2. The number of hydrogen-bond acceptors (Lipinski definition) is 3. The van der Waals surface area contributed by atoms with Crippen molar-refractivity contribution in [3.8, 4) is 5.75 Å². The smallest absolute Gasteiger partial charge is 0.244 e. The van der Waals surface area contributed by atoms with Gasteiger partial charge < -0.3 is 19.9 Å². The number of hydrogen-bond donors (Lipinski definition) is 1. The van der Waals surface area contributed by atoms with Crippen LogP contribution in [-0.2, 0) is 4.79 Å². The van der Waals surface area contributed by atoms with Gasteiger partial charge in [-0.2, -0.15) is 0 Å². The van der Waals surface area contributed by atoms with Crippen molar-refractivity contribution in [1.82, 2.24) is 15.1 Å². The van der Waals surface area contributed by atoms with Crippen molar-refractivity contribution in [2.75, 3.05) is 46.4 Å². The summed E-state index contributed by atoms with van der Waals surface area (Å²) in [5, 5.41) is 3.91. The van der Waals surface area contributed by atoms with Crippen molar-refractivity contribution in [2.45, 2.75) is 19.8 Å². The highest BCUT2D eigenvalue weighted by Gasteiger charge is 2.17. The van der Waals surface area contributed by atoms with Crippen LogP contribution >= 0.6 is 35.6 Å². The Balaban J connectivity index is 0.00000338. The molecule has 0 saturated carbocycles. The van der Waals surface area contributed by atoms with E-state index in [1.165, 1.54) is 0 Å². The van der Waals surface area contributed by atoms with E-state index in [4.69, 9.17) is 16.3 Å². The molecule has 0 bridgehead atoms. The maximum absolute atomic E-state index is 12.1. The van der Waals surface area contributed by atoms with Crippen molar-refractivity contribution in [3.63, 3.8) is 0 Å². The van der Waals surface area contributed by atoms with E-state index in [0.717, 1.165) is 44.2 Å². The van der Waals surface area contributed by atoms with E-state index in [1.807, 2.05) is 35.9 Å². The molecule has 0 aliphatic carbocycles. The number of amides is 1. The van der Waals surface area contributed by atoms with E-state index in [-0.39, 0.29) is 36.4 Å². The molecule has 0 aromatic heterocycles. The minimum absolute atomic E-state index is 0. The lowest BCUT2D eigenvalue weighted by Gasteiger charge is -2.22. The maximum Gasteiger partial charge on any atom is 0.244 e. The van der Waals surface area contributed by atoms with E-state index in [0.29, 0.717) is 18.2 Å². The van der Waals surface area contributed by atoms with Crippen LogP contribution in [0, 0.1) is 0 Å². The summed E-state index contributed by atoms with van der Waals surface area (Å²) in [6.45, 7) is 5.83. The van der Waals surface area contributed by atoms with Crippen LogP contribution in [0.1, 0.15) is 19.8 Å². The van der Waals surface area contributed by atoms with Gasteiger partial charge in [0.15, 0.2) is 5.96 Å². The van der Waals surface area contributed by atoms with Gasteiger partial charge in [0.05, 0.1) is 6.54 Å². The first-order valence-electron chi connectivity index (χ1n) is 8.75. The molecule has 0 spiro atoms. The van der Waals surface area contributed by atoms with E-state index in [9.17, 15) is 4.79 Å². The summed E-state index contributed by atoms with van der Waals surface area (Å²) in [6, 6.07) is 7.29. The Kier molecular flexibility index (Phi) is 10.7. The SMILES string of the molecule is CCNC(=NCC(=O)N1CCCC1)N(C)CCOc1ccc(Cl)cc1.I. The number of ether oxygens (including phenoxy) is 1. The number of nitrogens with one attached hydrogen (secondary N) is 1. The molecule has 1 N–H and O–H groups in total. The molecule has 0 radical (unpaired) electrons. The summed E-state index contributed by atoms with van der Waals surface area (Å²) < 4.78 is 5.71. The van der Waals surface area contributed by atoms with Gasteiger partial charge in [0.1, 0.15) is 18.9 Å². The average Bonchev–Trinajstić information content (AvgIpc) is 3.14. The number of likely N-dealkylation sites (tertiary alicyclic amines) is 1. The number of carbonyl (C=O) groups excluding carboxylic acids is 1. The topological polar surface area (TPSA) is 57.2 Å². The molecule has 26 heavy (non-hydrogen) atoms. The molecule has 8 heteroatoms. The predicted molar refractivity (Wildman–Crippen MR) is 117 cm³/mol. The summed E-state index contributed by atoms with van der Waals surface area (Å²) in [5.74, 6) is 1.59. The Morgan fingerprint density at radius 1 is 1.31 bits per heavy atom. The number of benzene rings is 1. The molecule has 1 aromatic carbocycles. The lowest BCUT2D eigenvalue weighted by atomic mass is 10.3. The molecule has 6 nitrogen and oxygen atoms in total. The molecule has 1 amide bonds. The van der Waals surface area contributed by atoms with Crippen LogP contribution in [-0.4, -0.2) is 68.0 Å². The number of halogens is 2. The van der Waals surface area contributed by atoms with E-state index in [1.54, 1.807) is 12.1 Å². The van der Waals surface area contributed by atoms with Crippen molar-refractivity contribution < 1.29 is 9.53 Å². The molecular weight excluding hydrogens is 467 g/mol. The third kappa shape index (κ3) is 7.57. The molecule has 1 heterocycles. The zero-order valence-electron chi connectivity index (χ0n) is 15.4. The maximum atomic E-state index is 12.1. The fraction of sp³-hybridized carbons (Fsp3) is 0.556. The number of likely N-dealkylation sites (N-methyl/N-ethyl adjacent to an activating group) is 1. The third-order valence-electron chi connectivity index (χ3n) is 4.03. The second-order valence-corrected chi connectivity index (χ2v) is 6.42. The minimum atomic E-state index is 0. The monoisotopic (exact) mass is 494 g/mol. The predicted octanol–water partition coefficient (Wildman–Crippen LogP) is 2.86. The second-order valence-electron chi connectivity index (χ2n) is 5.98. The van der Waals surface area contributed by atoms with Gasteiger partial charge in [0, 0.05) is 31.7 Å². The number of rotatable bonds is 7. The first kappa shape index (κ1) is 22.8. The Hall–Kier alpha value is -1.22. The molecule has 146 valence electrons. The molecule has 1 aromatic rings. The molecule has 1 aliphatic rings. The van der Waals surface area contributed by atoms with Gasteiger partial charge in [-0.25, -0.2) is 4.99 Å². The normalized spacial score (nSPS) is 14.0. The number of guanidine groups is 1. The van der Waals surface area contributed by atoms with E-state index < -0.39 is 0 Å². The van der Waals surface area contributed by atoms with Crippen LogP contribution in [0.4, 0.5) is 0 Å². The highest BCUT2D eigenvalue weighted by molar-refractivity contribution is 14.0. The van der Waals surface area contributed by atoms with Gasteiger partial charge in [0.2, 0.25) is 5.91 Å². The molecule has 0 atom stereocenters. The fourth-order valence-corrected chi connectivity index (χ4v) is 2.74. The highest BCUT2D eigenvalue weighted by Crippen LogP contribution is 2.15. The zero-order chi connectivity index (χ0) is 18.1. The Bertz CT molecular complexity index is 577. The lowest BCUT2D eigenvalue weighted by Crippen LogP contribution is -2.41. The van der Waals surface area contributed by atoms with Crippen LogP contribution in [0.2, 0.25) is 5.02 Å². The zero-order valence-corrected chi connectivity index (χ0v) is 18.5. The van der Waals surface area contributed by atoms with Gasteiger partial charge in [-0.1, -0.05) is 11.6 Å². The van der Waals surface area contributed by atoms with Crippen LogP contribution in [0.3, 0.4) is 0 Å². The summed E-state index contributed by atoms with van der Waals surface area (Å²) in [7, 11) is 1.94. The number of nitrogens with zero attached hydrogens (tertiary/aromatic N) is 3.